The number of aliphatic carboxylic acids is 1. The van der Waals surface area contributed by atoms with E-state index in [1.54, 1.807) is 37.6 Å². The van der Waals surface area contributed by atoms with E-state index < -0.39 is 30.0 Å². The van der Waals surface area contributed by atoms with Crippen LogP contribution in [0.25, 0.3) is 10.8 Å². The maximum absolute atomic E-state index is 13.9. The molecule has 1 aliphatic heterocycles. The van der Waals surface area contributed by atoms with Crippen LogP contribution in [0.4, 0.5) is 4.79 Å². The van der Waals surface area contributed by atoms with Crippen molar-refractivity contribution in [3.63, 3.8) is 0 Å². The van der Waals surface area contributed by atoms with E-state index in [0.717, 1.165) is 26.9 Å². The fourth-order valence-corrected chi connectivity index (χ4v) is 5.27. The van der Waals surface area contributed by atoms with Gasteiger partial charge in [0.2, 0.25) is 0 Å². The molecule has 2 heterocycles. The smallest absolute Gasteiger partial charge is 0.328 e. The maximum Gasteiger partial charge on any atom is 0.328 e. The molecule has 4 aromatic rings. The van der Waals surface area contributed by atoms with Crippen LogP contribution in [-0.2, 0) is 28.1 Å². The molecule has 40 heavy (non-hydrogen) atoms. The van der Waals surface area contributed by atoms with E-state index in [-0.39, 0.29) is 25.4 Å². The summed E-state index contributed by atoms with van der Waals surface area (Å²) in [7, 11) is 0. The van der Waals surface area contributed by atoms with Crippen LogP contribution in [0.5, 0.6) is 0 Å². The van der Waals surface area contributed by atoms with Crippen molar-refractivity contribution < 1.29 is 19.5 Å². The number of imidazole rings is 1. The van der Waals surface area contributed by atoms with Crippen molar-refractivity contribution >= 4 is 47.5 Å². The predicted octanol–water partition coefficient (Wildman–Crippen LogP) is 3.77. The van der Waals surface area contributed by atoms with E-state index >= 15 is 0 Å². The monoisotopic (exact) mass is 528 g/mol. The Morgan fingerprint density at radius 1 is 1.05 bits per heavy atom. The minimum Gasteiger partial charge on any atom is -0.480 e. The molecule has 1 atom stereocenters. The molecule has 3 amide bonds. The number of imide groups is 1. The molecule has 0 saturated carbocycles. The van der Waals surface area contributed by atoms with Gasteiger partial charge in [0.15, 0.2) is 0 Å². The van der Waals surface area contributed by atoms with E-state index in [0.29, 0.717) is 30.5 Å². The van der Waals surface area contributed by atoms with Crippen molar-refractivity contribution in [2.24, 2.45) is 0 Å². The van der Waals surface area contributed by atoms with Crippen LogP contribution >= 0.6 is 0 Å². The summed E-state index contributed by atoms with van der Waals surface area (Å²) in [4.78, 5) is 45.6. The molecule has 1 aliphatic rings. The molecule has 9 nitrogen and oxygen atoms in total. The Hall–Kier alpha value is -4.37. The molecular formula is C30H27LiN5O4. The first-order valence-corrected chi connectivity index (χ1v) is 12.6. The first kappa shape index (κ1) is 28.6. The quantitative estimate of drug-likeness (QED) is 0.261. The van der Waals surface area contributed by atoms with E-state index in [2.05, 4.69) is 11.1 Å². The second kappa shape index (κ2) is 11.8. The molecule has 1 saturated heterocycles. The molecule has 0 bridgehead atoms. The number of carboxylic acids is 1. The van der Waals surface area contributed by atoms with Gasteiger partial charge in [-0.25, -0.2) is 9.78 Å². The number of aromatic nitrogens is 2. The zero-order valence-electron chi connectivity index (χ0n) is 22.4. The molecule has 0 spiro atoms. The first-order chi connectivity index (χ1) is 18.8. The zero-order valence-corrected chi connectivity index (χ0v) is 22.4. The summed E-state index contributed by atoms with van der Waals surface area (Å²) in [5.41, 5.74) is 1.71. The second-order valence-corrected chi connectivity index (χ2v) is 9.74. The summed E-state index contributed by atoms with van der Waals surface area (Å²) in [5.74, 6) is -1.62. The van der Waals surface area contributed by atoms with Crippen molar-refractivity contribution in [2.75, 3.05) is 13.1 Å². The number of nitrogens with zero attached hydrogens (tertiary/aromatic N) is 5. The summed E-state index contributed by atoms with van der Waals surface area (Å²) in [6.45, 7) is 1.77. The van der Waals surface area contributed by atoms with Crippen molar-refractivity contribution in [1.82, 2.24) is 19.4 Å². The molecule has 197 valence electrons. The number of hydrogen-bond donors (Lipinski definition) is 1. The van der Waals surface area contributed by atoms with Crippen LogP contribution < -0.4 is 0 Å². The Morgan fingerprint density at radius 3 is 2.50 bits per heavy atom. The third-order valence-corrected chi connectivity index (χ3v) is 7.32. The molecule has 3 aromatic carbocycles. The van der Waals surface area contributed by atoms with Crippen LogP contribution in [0.3, 0.4) is 0 Å². The summed E-state index contributed by atoms with van der Waals surface area (Å²) in [6, 6.07) is 21.9. The van der Waals surface area contributed by atoms with Crippen LogP contribution in [0, 0.1) is 11.3 Å². The number of aryl methyl sites for hydroxylation is 1. The number of amides is 3. The molecular weight excluding hydrogens is 501 g/mol. The van der Waals surface area contributed by atoms with Gasteiger partial charge in [0.1, 0.15) is 12.1 Å². The van der Waals surface area contributed by atoms with E-state index in [4.69, 9.17) is 5.26 Å². The van der Waals surface area contributed by atoms with Gasteiger partial charge in [-0.3, -0.25) is 19.4 Å². The number of fused-ring (bicyclic) bond motifs is 1. The van der Waals surface area contributed by atoms with Gasteiger partial charge in [-0.15, -0.1) is 0 Å². The van der Waals surface area contributed by atoms with E-state index in [9.17, 15) is 19.5 Å². The number of carbonyl (C=O) groups is 3. The summed E-state index contributed by atoms with van der Waals surface area (Å²) in [6.07, 6.45) is 4.54. The Kier molecular flexibility index (Phi) is 8.44. The second-order valence-electron chi connectivity index (χ2n) is 9.74. The van der Waals surface area contributed by atoms with Gasteiger partial charge in [0.25, 0.3) is 5.91 Å². The number of hydrogen-bond acceptors (Lipinski definition) is 5. The van der Waals surface area contributed by atoms with Gasteiger partial charge < -0.3 is 9.67 Å². The van der Waals surface area contributed by atoms with Crippen molar-refractivity contribution in [1.29, 1.82) is 5.26 Å². The predicted molar refractivity (Wildman–Crippen MR) is 149 cm³/mol. The Balaban J connectivity index is 0.00000370. The third kappa shape index (κ3) is 5.24. The number of carbonyl (C=O) groups excluding carboxylic acids is 2. The number of urea groups is 1. The molecule has 1 unspecified atom stereocenters. The van der Waals surface area contributed by atoms with E-state index in [1.165, 1.54) is 4.90 Å². The Morgan fingerprint density at radius 2 is 1.77 bits per heavy atom. The van der Waals surface area contributed by atoms with Gasteiger partial charge in [-0.1, -0.05) is 54.6 Å². The SMILES string of the molecule is CC1(c2cccc3ccccc23)C(=O)N(CCCc2cncn2Cc2ccc(C#N)cc2)C(=O)N1CC(=O)O.[Li]. The standard InChI is InChI=1S/C30H27N5O4.Li/c1-30(26-10-4-7-23-6-2-3-9-25(23)26)28(38)34(29(39)35(30)19-27(36)37)15-5-8-24-17-32-20-33(24)18-22-13-11-21(16-31)12-14-22;/h2-4,6-7,9-14,17,20H,5,8,15,18-19H2,1H3,(H,36,37);. The molecule has 1 radical (unpaired) electrons. The summed E-state index contributed by atoms with van der Waals surface area (Å²) in [5, 5.41) is 20.3. The van der Waals surface area contributed by atoms with Crippen molar-refractivity contribution in [3.8, 4) is 6.07 Å². The normalized spacial score (nSPS) is 16.7. The molecule has 10 heteroatoms. The third-order valence-electron chi connectivity index (χ3n) is 7.32. The molecule has 0 aliphatic carbocycles. The number of benzene rings is 3. The molecule has 1 aromatic heterocycles. The first-order valence-electron chi connectivity index (χ1n) is 12.6. The van der Waals surface area contributed by atoms with Gasteiger partial charge in [0.05, 0.1) is 18.0 Å². The average Bonchev–Trinajstić information content (AvgIpc) is 3.45. The van der Waals surface area contributed by atoms with Gasteiger partial charge in [0, 0.05) is 43.8 Å². The number of carboxylic acid groups (broad SMARTS) is 1. The summed E-state index contributed by atoms with van der Waals surface area (Å²) >= 11 is 0. The maximum atomic E-state index is 13.9. The van der Waals surface area contributed by atoms with Crippen LogP contribution in [0.15, 0.2) is 79.3 Å². The van der Waals surface area contributed by atoms with Crippen LogP contribution in [0.1, 0.15) is 35.7 Å². The van der Waals surface area contributed by atoms with Crippen LogP contribution in [0.2, 0.25) is 0 Å². The average molecular weight is 529 g/mol. The van der Waals surface area contributed by atoms with E-state index in [1.807, 2.05) is 53.1 Å². The Labute approximate surface area is 243 Å². The van der Waals surface area contributed by atoms with Crippen molar-refractivity contribution in [3.05, 3.63) is 102 Å². The van der Waals surface area contributed by atoms with Gasteiger partial charge >= 0.3 is 12.0 Å². The van der Waals surface area contributed by atoms with Crippen molar-refractivity contribution in [2.45, 2.75) is 31.8 Å². The molecule has 5 rings (SSSR count). The fraction of sp³-hybridized carbons (Fsp3) is 0.233. The van der Waals surface area contributed by atoms with Crippen LogP contribution in [-0.4, -0.2) is 74.3 Å². The minimum atomic E-state index is -1.45. The minimum absolute atomic E-state index is 0. The molecule has 1 fully saturated rings. The number of nitriles is 1. The van der Waals surface area contributed by atoms with Gasteiger partial charge in [-0.2, -0.15) is 5.26 Å². The fourth-order valence-electron chi connectivity index (χ4n) is 5.27. The summed E-state index contributed by atoms with van der Waals surface area (Å²) < 4.78 is 1.99. The topological polar surface area (TPSA) is 120 Å². The Bertz CT molecular complexity index is 1610. The molecule has 1 N–H and O–H groups in total. The largest absolute Gasteiger partial charge is 0.480 e. The number of rotatable bonds is 9. The van der Waals surface area contributed by atoms with Gasteiger partial charge in [-0.05, 0) is 53.8 Å². The zero-order chi connectivity index (χ0) is 27.6.